The zero-order valence-electron chi connectivity index (χ0n) is 14.1. The van der Waals surface area contributed by atoms with E-state index >= 15 is 0 Å². The number of ether oxygens (including phenoxy) is 1. The zero-order chi connectivity index (χ0) is 17.9. The summed E-state index contributed by atoms with van der Waals surface area (Å²) < 4.78 is 33.3. The molecule has 0 aliphatic heterocycles. The first-order chi connectivity index (χ1) is 12.0. The van der Waals surface area contributed by atoms with E-state index in [4.69, 9.17) is 4.74 Å². The molecular formula is C18H21F2N3O2. The number of halogens is 2. The van der Waals surface area contributed by atoms with Gasteiger partial charge in [-0.15, -0.1) is 0 Å². The summed E-state index contributed by atoms with van der Waals surface area (Å²) in [7, 11) is 0. The largest absolute Gasteiger partial charge is 0.491 e. The number of rotatable bonds is 9. The molecular weight excluding hydrogens is 328 g/mol. The van der Waals surface area contributed by atoms with Crippen LogP contribution in [-0.4, -0.2) is 27.2 Å². The van der Waals surface area contributed by atoms with Crippen molar-refractivity contribution in [2.45, 2.75) is 45.1 Å². The summed E-state index contributed by atoms with van der Waals surface area (Å²) in [6.45, 7) is 2.29. The molecule has 25 heavy (non-hydrogen) atoms. The zero-order valence-corrected chi connectivity index (χ0v) is 14.1. The van der Waals surface area contributed by atoms with Crippen molar-refractivity contribution < 1.29 is 18.3 Å². The molecule has 0 saturated heterocycles. The van der Waals surface area contributed by atoms with Crippen LogP contribution in [0.2, 0.25) is 0 Å². The van der Waals surface area contributed by atoms with Crippen LogP contribution in [0, 0.1) is 17.0 Å². The van der Waals surface area contributed by atoms with Crippen LogP contribution in [0.4, 0.5) is 8.78 Å². The minimum atomic E-state index is -0.711. The molecule has 0 bridgehead atoms. The van der Waals surface area contributed by atoms with E-state index in [1.165, 1.54) is 12.4 Å². The average molecular weight is 349 g/mol. The molecule has 0 spiro atoms. The molecule has 0 N–H and O–H groups in total. The van der Waals surface area contributed by atoms with E-state index in [-0.39, 0.29) is 23.0 Å². The molecule has 1 aliphatic rings. The van der Waals surface area contributed by atoms with Gasteiger partial charge in [0.1, 0.15) is 24.5 Å². The second kappa shape index (κ2) is 7.29. The molecule has 1 aromatic carbocycles. The number of Topliss-reactive ketones (excluding diaryl/α,β-unsaturated/α-hetero) is 1. The summed E-state index contributed by atoms with van der Waals surface area (Å²) in [6, 6.07) is 2.91. The normalized spacial score (nSPS) is 16.4. The third-order valence-electron chi connectivity index (χ3n) is 4.68. The first kappa shape index (κ1) is 17.5. The lowest BCUT2D eigenvalue weighted by Crippen LogP contribution is -2.26. The Kier molecular flexibility index (Phi) is 5.11. The molecule has 1 fully saturated rings. The van der Waals surface area contributed by atoms with Crippen LogP contribution >= 0.6 is 0 Å². The third kappa shape index (κ3) is 4.21. The molecule has 3 rings (SSSR count). The molecule has 1 atom stereocenters. The molecule has 1 aliphatic carbocycles. The summed E-state index contributed by atoms with van der Waals surface area (Å²) in [6.07, 6.45) is 6.86. The van der Waals surface area contributed by atoms with Gasteiger partial charge in [0, 0.05) is 11.5 Å². The molecule has 1 unspecified atom stereocenters. The number of nitrogens with zero attached hydrogens (tertiary/aromatic N) is 3. The van der Waals surface area contributed by atoms with Gasteiger partial charge in [0.25, 0.3) is 0 Å². The maximum atomic E-state index is 13.5. The smallest absolute Gasteiger partial charge is 0.167 e. The van der Waals surface area contributed by atoms with E-state index in [1.807, 2.05) is 6.92 Å². The lowest BCUT2D eigenvalue weighted by Gasteiger charge is -2.19. The van der Waals surface area contributed by atoms with Gasteiger partial charge in [-0.25, -0.2) is 18.4 Å². The van der Waals surface area contributed by atoms with E-state index in [0.29, 0.717) is 19.4 Å². The highest BCUT2D eigenvalue weighted by molar-refractivity contribution is 5.90. The SMILES string of the molecule is CC1(C(=O)C(CCCCOc2ccc(F)cc2F)n2cncn2)CC1. The van der Waals surface area contributed by atoms with E-state index in [2.05, 4.69) is 10.1 Å². The van der Waals surface area contributed by atoms with Gasteiger partial charge in [-0.05, 0) is 44.2 Å². The van der Waals surface area contributed by atoms with Crippen molar-refractivity contribution in [3.8, 4) is 5.75 Å². The fraction of sp³-hybridized carbons (Fsp3) is 0.500. The van der Waals surface area contributed by atoms with Crippen LogP contribution in [0.25, 0.3) is 0 Å². The summed E-state index contributed by atoms with van der Waals surface area (Å²) in [5.41, 5.74) is -0.232. The predicted molar refractivity (Wildman–Crippen MR) is 87.1 cm³/mol. The highest BCUT2D eigenvalue weighted by atomic mass is 19.1. The number of benzene rings is 1. The van der Waals surface area contributed by atoms with Gasteiger partial charge in [-0.2, -0.15) is 5.10 Å². The number of hydrogen-bond acceptors (Lipinski definition) is 4. The monoisotopic (exact) mass is 349 g/mol. The summed E-state index contributed by atoms with van der Waals surface area (Å²) in [4.78, 5) is 16.6. The van der Waals surface area contributed by atoms with Gasteiger partial charge < -0.3 is 4.74 Å². The minimum absolute atomic E-state index is 0.0378. The van der Waals surface area contributed by atoms with Crippen molar-refractivity contribution in [3.63, 3.8) is 0 Å². The van der Waals surface area contributed by atoms with E-state index in [9.17, 15) is 13.6 Å². The number of unbranched alkanes of at least 4 members (excludes halogenated alkanes) is 1. The Hall–Kier alpha value is -2.31. The van der Waals surface area contributed by atoms with Crippen molar-refractivity contribution in [3.05, 3.63) is 42.5 Å². The Morgan fingerprint density at radius 3 is 2.80 bits per heavy atom. The molecule has 1 saturated carbocycles. The van der Waals surface area contributed by atoms with Crippen molar-refractivity contribution >= 4 is 5.78 Å². The second-order valence-electron chi connectivity index (χ2n) is 6.74. The van der Waals surface area contributed by atoms with Gasteiger partial charge in [0.05, 0.1) is 6.61 Å². The Balaban J connectivity index is 1.49. The molecule has 1 heterocycles. The third-order valence-corrected chi connectivity index (χ3v) is 4.68. The van der Waals surface area contributed by atoms with Crippen molar-refractivity contribution in [2.75, 3.05) is 6.61 Å². The molecule has 5 nitrogen and oxygen atoms in total. The highest BCUT2D eigenvalue weighted by Gasteiger charge is 2.47. The van der Waals surface area contributed by atoms with Gasteiger partial charge in [-0.1, -0.05) is 6.92 Å². The Bertz CT molecular complexity index is 730. The van der Waals surface area contributed by atoms with Crippen LogP contribution in [0.5, 0.6) is 5.75 Å². The van der Waals surface area contributed by atoms with Crippen LogP contribution in [0.15, 0.2) is 30.9 Å². The molecule has 0 radical (unpaired) electrons. The average Bonchev–Trinajstić information content (AvgIpc) is 3.11. The second-order valence-corrected chi connectivity index (χ2v) is 6.74. The van der Waals surface area contributed by atoms with Crippen LogP contribution in [0.3, 0.4) is 0 Å². The van der Waals surface area contributed by atoms with Crippen LogP contribution < -0.4 is 4.74 Å². The van der Waals surface area contributed by atoms with Gasteiger partial charge in [-0.3, -0.25) is 4.79 Å². The Morgan fingerprint density at radius 2 is 2.16 bits per heavy atom. The number of carbonyl (C=O) groups is 1. The first-order valence-corrected chi connectivity index (χ1v) is 8.46. The topological polar surface area (TPSA) is 57.0 Å². The van der Waals surface area contributed by atoms with E-state index in [0.717, 1.165) is 31.4 Å². The number of aromatic nitrogens is 3. The maximum absolute atomic E-state index is 13.5. The summed E-state index contributed by atoms with van der Waals surface area (Å²) >= 11 is 0. The summed E-state index contributed by atoms with van der Waals surface area (Å²) in [5.74, 6) is -1.11. The molecule has 2 aromatic rings. The Morgan fingerprint density at radius 1 is 1.36 bits per heavy atom. The lowest BCUT2D eigenvalue weighted by molar-refractivity contribution is -0.127. The summed E-state index contributed by atoms with van der Waals surface area (Å²) in [5, 5.41) is 4.11. The van der Waals surface area contributed by atoms with Crippen molar-refractivity contribution in [2.24, 2.45) is 5.41 Å². The lowest BCUT2D eigenvalue weighted by atomic mass is 9.94. The maximum Gasteiger partial charge on any atom is 0.167 e. The fourth-order valence-corrected chi connectivity index (χ4v) is 2.81. The number of carbonyl (C=O) groups excluding carboxylic acids is 1. The molecule has 1 aromatic heterocycles. The predicted octanol–water partition coefficient (Wildman–Crippen LogP) is 3.72. The fourth-order valence-electron chi connectivity index (χ4n) is 2.81. The van der Waals surface area contributed by atoms with Gasteiger partial charge in [0.15, 0.2) is 17.3 Å². The standard InChI is InChI=1S/C18H21F2N3O2/c1-18(7-8-18)17(24)15(23-12-21-11-22-23)4-2-3-9-25-16-6-5-13(19)10-14(16)20/h5-6,10-12,15H,2-4,7-9H2,1H3. The molecule has 0 amide bonds. The van der Waals surface area contributed by atoms with E-state index < -0.39 is 11.6 Å². The van der Waals surface area contributed by atoms with Crippen LogP contribution in [-0.2, 0) is 4.79 Å². The minimum Gasteiger partial charge on any atom is -0.491 e. The number of hydrogen-bond donors (Lipinski definition) is 0. The molecule has 134 valence electrons. The van der Waals surface area contributed by atoms with Crippen LogP contribution in [0.1, 0.15) is 45.1 Å². The Labute approximate surface area is 145 Å². The van der Waals surface area contributed by atoms with Gasteiger partial charge >= 0.3 is 0 Å². The van der Waals surface area contributed by atoms with Gasteiger partial charge in [0.2, 0.25) is 0 Å². The van der Waals surface area contributed by atoms with E-state index in [1.54, 1.807) is 11.0 Å². The van der Waals surface area contributed by atoms with Crippen molar-refractivity contribution in [1.82, 2.24) is 14.8 Å². The highest BCUT2D eigenvalue weighted by Crippen LogP contribution is 2.48. The number of ketones is 1. The van der Waals surface area contributed by atoms with Crippen molar-refractivity contribution in [1.29, 1.82) is 0 Å². The quantitative estimate of drug-likeness (QED) is 0.648. The first-order valence-electron chi connectivity index (χ1n) is 8.46. The molecule has 7 heteroatoms.